The lowest BCUT2D eigenvalue weighted by atomic mass is 10.00. The number of sulfone groups is 1. The van der Waals surface area contributed by atoms with Crippen molar-refractivity contribution in [1.29, 1.82) is 0 Å². The first kappa shape index (κ1) is 15.0. The van der Waals surface area contributed by atoms with Gasteiger partial charge in [-0.2, -0.15) is 0 Å². The molecule has 0 saturated heterocycles. The third kappa shape index (κ3) is 1.69. The van der Waals surface area contributed by atoms with Crippen molar-refractivity contribution in [2.75, 3.05) is 0 Å². The Morgan fingerprint density at radius 1 is 0.741 bits per heavy atom. The summed E-state index contributed by atoms with van der Waals surface area (Å²) in [5.74, 6) is 0. The second-order valence-electron chi connectivity index (χ2n) is 7.07. The lowest BCUT2D eigenvalue weighted by molar-refractivity contribution is 0.599. The van der Waals surface area contributed by atoms with E-state index in [0.29, 0.717) is 9.79 Å². The Balaban J connectivity index is 1.92. The number of aromatic nitrogens is 1. The summed E-state index contributed by atoms with van der Waals surface area (Å²) in [6, 6.07) is 23.6. The number of benzene rings is 4. The Bertz CT molecular complexity index is 1540. The topological polar surface area (TPSA) is 39.1 Å². The summed E-state index contributed by atoms with van der Waals surface area (Å²) in [5, 5.41) is 4.64. The number of rotatable bonds is 0. The Morgan fingerprint density at radius 2 is 1.52 bits per heavy atom. The number of fused-ring (bicyclic) bond motifs is 9. The van der Waals surface area contributed by atoms with E-state index in [0.717, 1.165) is 27.5 Å². The SMILES string of the molecule is Cn1c2ccc3ccccc3c2c2ccc3c(c21)-c1ccccc1S3(=O)=O. The van der Waals surface area contributed by atoms with Gasteiger partial charge in [-0.3, -0.25) is 0 Å². The molecule has 27 heavy (non-hydrogen) atoms. The normalized spacial score (nSPS) is 14.7. The monoisotopic (exact) mass is 369 g/mol. The zero-order chi connectivity index (χ0) is 18.3. The summed E-state index contributed by atoms with van der Waals surface area (Å²) >= 11 is 0. The van der Waals surface area contributed by atoms with Crippen LogP contribution >= 0.6 is 0 Å². The van der Waals surface area contributed by atoms with Crippen molar-refractivity contribution < 1.29 is 8.42 Å². The number of hydrogen-bond acceptors (Lipinski definition) is 2. The van der Waals surface area contributed by atoms with Crippen LogP contribution in [0.15, 0.2) is 82.6 Å². The van der Waals surface area contributed by atoms with E-state index < -0.39 is 9.84 Å². The molecule has 0 bridgehead atoms. The van der Waals surface area contributed by atoms with E-state index >= 15 is 0 Å². The molecule has 0 saturated carbocycles. The highest BCUT2D eigenvalue weighted by atomic mass is 32.2. The van der Waals surface area contributed by atoms with E-state index in [1.807, 2.05) is 37.4 Å². The van der Waals surface area contributed by atoms with Gasteiger partial charge in [0.1, 0.15) is 0 Å². The van der Waals surface area contributed by atoms with Crippen molar-refractivity contribution in [3.05, 3.63) is 72.8 Å². The minimum Gasteiger partial charge on any atom is -0.343 e. The Kier molecular flexibility index (Phi) is 2.66. The Hall–Kier alpha value is -3.11. The van der Waals surface area contributed by atoms with Gasteiger partial charge in [-0.25, -0.2) is 8.42 Å². The summed E-state index contributed by atoms with van der Waals surface area (Å²) < 4.78 is 28.2. The van der Waals surface area contributed by atoms with Crippen molar-refractivity contribution in [2.45, 2.75) is 9.79 Å². The van der Waals surface area contributed by atoms with Crippen molar-refractivity contribution in [3.8, 4) is 11.1 Å². The minimum atomic E-state index is -3.47. The quantitative estimate of drug-likeness (QED) is 0.364. The van der Waals surface area contributed by atoms with E-state index in [4.69, 9.17) is 0 Å². The van der Waals surface area contributed by atoms with Gasteiger partial charge < -0.3 is 4.57 Å². The van der Waals surface area contributed by atoms with Crippen LogP contribution in [0.25, 0.3) is 43.7 Å². The second kappa shape index (κ2) is 4.78. The first-order valence-corrected chi connectivity index (χ1v) is 10.3. The fourth-order valence-corrected chi connectivity index (χ4v) is 6.25. The van der Waals surface area contributed by atoms with Crippen LogP contribution in [-0.4, -0.2) is 13.0 Å². The van der Waals surface area contributed by atoms with Gasteiger partial charge in [-0.15, -0.1) is 0 Å². The molecular formula is C23H15NO2S. The maximum absolute atomic E-state index is 13.0. The molecule has 4 aromatic carbocycles. The molecule has 0 radical (unpaired) electrons. The van der Waals surface area contributed by atoms with Crippen LogP contribution in [-0.2, 0) is 16.9 Å². The van der Waals surface area contributed by atoms with E-state index in [-0.39, 0.29) is 0 Å². The molecule has 1 aromatic heterocycles. The van der Waals surface area contributed by atoms with E-state index in [1.165, 1.54) is 16.2 Å². The molecule has 0 unspecified atom stereocenters. The van der Waals surface area contributed by atoms with Crippen LogP contribution in [0.1, 0.15) is 0 Å². The first-order valence-electron chi connectivity index (χ1n) is 8.86. The standard InChI is InChI=1S/C23H15NO2S/c1-24-18-12-10-14-6-2-3-7-15(14)21(18)17-11-13-20-22(23(17)24)16-8-4-5-9-19(16)27(20,25)26/h2-13H,1H3. The zero-order valence-electron chi connectivity index (χ0n) is 14.6. The highest BCUT2D eigenvalue weighted by Crippen LogP contribution is 2.48. The van der Waals surface area contributed by atoms with Gasteiger partial charge in [0.2, 0.25) is 9.84 Å². The highest BCUT2D eigenvalue weighted by molar-refractivity contribution is 7.92. The molecule has 2 heterocycles. The van der Waals surface area contributed by atoms with E-state index in [1.54, 1.807) is 18.2 Å². The molecule has 0 amide bonds. The third-order valence-electron chi connectivity index (χ3n) is 5.75. The van der Waals surface area contributed by atoms with Crippen LogP contribution in [0.4, 0.5) is 0 Å². The van der Waals surface area contributed by atoms with Crippen molar-refractivity contribution in [2.24, 2.45) is 7.05 Å². The molecule has 1 aliphatic rings. The lowest BCUT2D eigenvalue weighted by Gasteiger charge is -2.05. The molecule has 4 heteroatoms. The number of aryl methyl sites for hydroxylation is 1. The van der Waals surface area contributed by atoms with Crippen molar-refractivity contribution in [1.82, 2.24) is 4.57 Å². The van der Waals surface area contributed by atoms with Gasteiger partial charge in [-0.1, -0.05) is 54.6 Å². The van der Waals surface area contributed by atoms with Gasteiger partial charge in [0.05, 0.1) is 15.3 Å². The molecule has 130 valence electrons. The van der Waals surface area contributed by atoms with Crippen LogP contribution < -0.4 is 0 Å². The molecule has 0 atom stereocenters. The average Bonchev–Trinajstić information content (AvgIpc) is 3.12. The van der Waals surface area contributed by atoms with E-state index in [9.17, 15) is 8.42 Å². The fourth-order valence-electron chi connectivity index (χ4n) is 4.58. The molecule has 0 fully saturated rings. The average molecular weight is 369 g/mol. The molecule has 1 aliphatic heterocycles. The van der Waals surface area contributed by atoms with Crippen LogP contribution in [0, 0.1) is 0 Å². The predicted octanol–water partition coefficient (Wildman–Crippen LogP) is 5.30. The lowest BCUT2D eigenvalue weighted by Crippen LogP contribution is -1.96. The highest BCUT2D eigenvalue weighted by Gasteiger charge is 2.35. The zero-order valence-corrected chi connectivity index (χ0v) is 15.4. The van der Waals surface area contributed by atoms with Gasteiger partial charge >= 0.3 is 0 Å². The second-order valence-corrected chi connectivity index (χ2v) is 8.96. The van der Waals surface area contributed by atoms with E-state index in [2.05, 4.69) is 28.8 Å². The first-order chi connectivity index (χ1) is 13.1. The molecule has 6 rings (SSSR count). The Labute approximate surface area is 156 Å². The molecule has 5 aromatic rings. The van der Waals surface area contributed by atoms with Gasteiger partial charge in [-0.05, 0) is 29.0 Å². The summed E-state index contributed by atoms with van der Waals surface area (Å²) in [5.41, 5.74) is 3.71. The molecule has 3 nitrogen and oxygen atoms in total. The van der Waals surface area contributed by atoms with Gasteiger partial charge in [0.15, 0.2) is 0 Å². The summed E-state index contributed by atoms with van der Waals surface area (Å²) in [7, 11) is -1.45. The summed E-state index contributed by atoms with van der Waals surface area (Å²) in [4.78, 5) is 0.814. The molecule has 0 aliphatic carbocycles. The maximum Gasteiger partial charge on any atom is 0.207 e. The number of nitrogens with zero attached hydrogens (tertiary/aromatic N) is 1. The fraction of sp³-hybridized carbons (Fsp3) is 0.0435. The van der Waals surface area contributed by atoms with Crippen LogP contribution in [0.3, 0.4) is 0 Å². The van der Waals surface area contributed by atoms with Crippen LogP contribution in [0.5, 0.6) is 0 Å². The number of hydrogen-bond donors (Lipinski definition) is 0. The van der Waals surface area contributed by atoms with Crippen molar-refractivity contribution >= 4 is 42.4 Å². The van der Waals surface area contributed by atoms with Gasteiger partial charge in [0, 0.05) is 34.5 Å². The molecule has 0 spiro atoms. The van der Waals surface area contributed by atoms with Crippen molar-refractivity contribution in [3.63, 3.8) is 0 Å². The van der Waals surface area contributed by atoms with Crippen LogP contribution in [0.2, 0.25) is 0 Å². The minimum absolute atomic E-state index is 0.405. The Morgan fingerprint density at radius 3 is 2.41 bits per heavy atom. The smallest absolute Gasteiger partial charge is 0.207 e. The molecule has 0 N–H and O–H groups in total. The predicted molar refractivity (Wildman–Crippen MR) is 109 cm³/mol. The molecular weight excluding hydrogens is 354 g/mol. The summed E-state index contributed by atoms with van der Waals surface area (Å²) in [6.07, 6.45) is 0. The maximum atomic E-state index is 13.0. The van der Waals surface area contributed by atoms with Gasteiger partial charge in [0.25, 0.3) is 0 Å². The third-order valence-corrected chi connectivity index (χ3v) is 7.60. The summed E-state index contributed by atoms with van der Waals surface area (Å²) in [6.45, 7) is 0. The largest absolute Gasteiger partial charge is 0.343 e.